The van der Waals surface area contributed by atoms with Gasteiger partial charge in [0.15, 0.2) is 0 Å². The lowest BCUT2D eigenvalue weighted by Crippen LogP contribution is -2.35. The molecule has 0 bridgehead atoms. The number of rotatable bonds is 3. The second kappa shape index (κ2) is 8.60. The van der Waals surface area contributed by atoms with Crippen molar-refractivity contribution in [1.29, 1.82) is 0 Å². The first-order valence-electron chi connectivity index (χ1n) is 10.4. The normalized spacial score (nSPS) is 14.9. The number of benzene rings is 1. The molecule has 170 valence electrons. The molecule has 3 aromatic rings. The molecule has 32 heavy (non-hydrogen) atoms. The fourth-order valence-corrected chi connectivity index (χ4v) is 4.88. The molecule has 4 nitrogen and oxygen atoms in total. The number of fused-ring (bicyclic) bond motifs is 1. The van der Waals surface area contributed by atoms with E-state index in [4.69, 9.17) is 23.2 Å². The third-order valence-corrected chi connectivity index (χ3v) is 6.69. The molecule has 0 atom stereocenters. The minimum Gasteiger partial charge on any atom is -0.341 e. The van der Waals surface area contributed by atoms with E-state index in [0.29, 0.717) is 45.7 Å². The average molecular weight is 484 g/mol. The molecular weight excluding hydrogens is 462 g/mol. The molecule has 0 radical (unpaired) electrons. The lowest BCUT2D eigenvalue weighted by atomic mass is 10.1. The number of amides is 1. The van der Waals surface area contributed by atoms with Gasteiger partial charge in [-0.15, -0.1) is 0 Å². The Morgan fingerprint density at radius 2 is 1.81 bits per heavy atom. The van der Waals surface area contributed by atoms with E-state index < -0.39 is 11.9 Å². The number of halogens is 5. The Bertz CT molecular complexity index is 1200. The van der Waals surface area contributed by atoms with Crippen molar-refractivity contribution in [2.75, 3.05) is 13.1 Å². The Morgan fingerprint density at radius 3 is 2.47 bits per heavy atom. The molecule has 3 heterocycles. The Morgan fingerprint density at radius 1 is 1.12 bits per heavy atom. The van der Waals surface area contributed by atoms with Gasteiger partial charge in [0.2, 0.25) is 0 Å². The maximum absolute atomic E-state index is 13.2. The second-order valence-corrected chi connectivity index (χ2v) is 8.95. The molecule has 0 N–H and O–H groups in total. The van der Waals surface area contributed by atoms with Crippen LogP contribution in [0.15, 0.2) is 24.4 Å². The predicted octanol–water partition coefficient (Wildman–Crippen LogP) is 6.65. The highest BCUT2D eigenvalue weighted by atomic mass is 35.5. The maximum atomic E-state index is 13.2. The van der Waals surface area contributed by atoms with Crippen LogP contribution in [0.25, 0.3) is 10.9 Å². The van der Waals surface area contributed by atoms with Crippen molar-refractivity contribution in [3.63, 3.8) is 0 Å². The number of carbonyl (C=O) groups is 1. The van der Waals surface area contributed by atoms with Gasteiger partial charge in [0, 0.05) is 35.3 Å². The van der Waals surface area contributed by atoms with Crippen molar-refractivity contribution in [2.24, 2.45) is 0 Å². The summed E-state index contributed by atoms with van der Waals surface area (Å²) in [6.07, 6.45) is 0.261. The molecule has 0 unspecified atom stereocenters. The highest BCUT2D eigenvalue weighted by Crippen LogP contribution is 2.35. The fourth-order valence-electron chi connectivity index (χ4n) is 4.31. The van der Waals surface area contributed by atoms with Gasteiger partial charge in [0.1, 0.15) is 5.69 Å². The van der Waals surface area contributed by atoms with Crippen LogP contribution in [0.5, 0.6) is 0 Å². The van der Waals surface area contributed by atoms with Gasteiger partial charge >= 0.3 is 6.18 Å². The summed E-state index contributed by atoms with van der Waals surface area (Å²) < 4.78 is 41.4. The van der Waals surface area contributed by atoms with Crippen molar-refractivity contribution in [3.8, 4) is 0 Å². The number of hydrogen-bond acceptors (Lipinski definition) is 2. The molecule has 1 fully saturated rings. The van der Waals surface area contributed by atoms with Gasteiger partial charge in [-0.3, -0.25) is 4.79 Å². The van der Waals surface area contributed by atoms with Gasteiger partial charge in [-0.25, -0.2) is 4.98 Å². The monoisotopic (exact) mass is 483 g/mol. The summed E-state index contributed by atoms with van der Waals surface area (Å²) in [6, 6.07) is 4.34. The van der Waals surface area contributed by atoms with Gasteiger partial charge in [-0.1, -0.05) is 23.2 Å². The van der Waals surface area contributed by atoms with E-state index >= 15 is 0 Å². The molecule has 9 heteroatoms. The zero-order chi connectivity index (χ0) is 23.2. The van der Waals surface area contributed by atoms with Gasteiger partial charge < -0.3 is 9.47 Å². The molecule has 1 saturated heterocycles. The zero-order valence-corrected chi connectivity index (χ0v) is 19.2. The number of hydrogen-bond donors (Lipinski definition) is 0. The summed E-state index contributed by atoms with van der Waals surface area (Å²) >= 11 is 13.1. The van der Waals surface area contributed by atoms with Crippen LogP contribution >= 0.6 is 23.2 Å². The van der Waals surface area contributed by atoms with Crippen molar-refractivity contribution in [1.82, 2.24) is 14.5 Å². The van der Waals surface area contributed by atoms with Crippen LogP contribution in [0.3, 0.4) is 0 Å². The van der Waals surface area contributed by atoms with Crippen LogP contribution in [0.4, 0.5) is 13.2 Å². The molecule has 0 spiro atoms. The topological polar surface area (TPSA) is 38.1 Å². The predicted molar refractivity (Wildman–Crippen MR) is 120 cm³/mol. The van der Waals surface area contributed by atoms with Crippen molar-refractivity contribution in [3.05, 3.63) is 62.5 Å². The summed E-state index contributed by atoms with van der Waals surface area (Å²) in [5.74, 6) is -0.131. The Labute approximate surface area is 193 Å². The third kappa shape index (κ3) is 4.20. The molecule has 1 amide bonds. The van der Waals surface area contributed by atoms with Gasteiger partial charge in [-0.05, 0) is 56.9 Å². The van der Waals surface area contributed by atoms with E-state index in [-0.39, 0.29) is 23.2 Å². The molecular formula is C23H22Cl2F3N3O. The van der Waals surface area contributed by atoms with Crippen LogP contribution in [0.1, 0.15) is 52.1 Å². The lowest BCUT2D eigenvalue weighted by molar-refractivity contribution is -0.141. The second-order valence-electron chi connectivity index (χ2n) is 8.17. The Hall–Kier alpha value is -2.25. The number of pyridine rings is 1. The molecule has 1 aromatic carbocycles. The smallest absolute Gasteiger partial charge is 0.341 e. The first kappa shape index (κ1) is 22.9. The number of piperidine rings is 1. The summed E-state index contributed by atoms with van der Waals surface area (Å²) in [7, 11) is 0. The van der Waals surface area contributed by atoms with Crippen molar-refractivity contribution in [2.45, 2.75) is 45.8 Å². The Balaban J connectivity index is 1.75. The van der Waals surface area contributed by atoms with Crippen LogP contribution in [-0.4, -0.2) is 33.4 Å². The van der Waals surface area contributed by atoms with E-state index in [1.807, 2.05) is 0 Å². The Kier molecular flexibility index (Phi) is 6.16. The number of aromatic nitrogens is 2. The summed E-state index contributed by atoms with van der Waals surface area (Å²) in [6.45, 7) is 4.89. The highest BCUT2D eigenvalue weighted by molar-refractivity contribution is 6.38. The molecule has 0 saturated carbocycles. The van der Waals surface area contributed by atoms with Crippen molar-refractivity contribution < 1.29 is 18.0 Å². The van der Waals surface area contributed by atoms with E-state index in [0.717, 1.165) is 25.3 Å². The number of carbonyl (C=O) groups excluding carboxylic acids is 1. The quantitative estimate of drug-likeness (QED) is 0.418. The molecule has 2 aromatic heterocycles. The minimum atomic E-state index is -4.52. The van der Waals surface area contributed by atoms with Crippen molar-refractivity contribution >= 4 is 40.0 Å². The first-order chi connectivity index (χ1) is 15.1. The largest absolute Gasteiger partial charge is 0.433 e. The number of nitrogens with zero attached hydrogens (tertiary/aromatic N) is 3. The van der Waals surface area contributed by atoms with Gasteiger partial charge in [-0.2, -0.15) is 13.2 Å². The third-order valence-electron chi connectivity index (χ3n) is 5.91. The van der Waals surface area contributed by atoms with E-state index in [1.54, 1.807) is 41.6 Å². The SMILES string of the molecule is Cc1cn(Cc2c(Cl)ccc(C(=O)N3CCCCC3)c2Cl)c2c(C)nc(C(F)(F)F)cc12. The fraction of sp³-hybridized carbons (Fsp3) is 0.391. The summed E-state index contributed by atoms with van der Waals surface area (Å²) in [5.41, 5.74) is 1.53. The van der Waals surface area contributed by atoms with Gasteiger partial charge in [0.05, 0.1) is 28.3 Å². The highest BCUT2D eigenvalue weighted by Gasteiger charge is 2.33. The van der Waals surface area contributed by atoms with Crippen LogP contribution in [0.2, 0.25) is 10.0 Å². The van der Waals surface area contributed by atoms with E-state index in [1.165, 1.54) is 0 Å². The lowest BCUT2D eigenvalue weighted by Gasteiger charge is -2.27. The summed E-state index contributed by atoms with van der Waals surface area (Å²) in [4.78, 5) is 18.6. The van der Waals surface area contributed by atoms with E-state index in [2.05, 4.69) is 4.98 Å². The number of aryl methyl sites for hydroxylation is 2. The summed E-state index contributed by atoms with van der Waals surface area (Å²) in [5, 5.41) is 1.13. The van der Waals surface area contributed by atoms with Crippen LogP contribution in [0, 0.1) is 13.8 Å². The zero-order valence-electron chi connectivity index (χ0n) is 17.7. The standard InChI is InChI=1S/C23H22Cl2F3N3O/c1-13-11-31(21-14(2)29-19(10-16(13)21)23(26,27)28)12-17-18(24)7-6-15(20(17)25)22(32)30-8-4-3-5-9-30/h6-7,10-11H,3-5,8-9,12H2,1-2H3. The molecule has 0 aliphatic carbocycles. The molecule has 1 aliphatic rings. The average Bonchev–Trinajstić information content (AvgIpc) is 3.06. The molecule has 1 aliphatic heterocycles. The molecule has 4 rings (SSSR count). The first-order valence-corrected chi connectivity index (χ1v) is 11.1. The van der Waals surface area contributed by atoms with E-state index in [9.17, 15) is 18.0 Å². The number of likely N-dealkylation sites (tertiary alicyclic amines) is 1. The number of alkyl halides is 3. The van der Waals surface area contributed by atoms with Gasteiger partial charge in [0.25, 0.3) is 5.91 Å². The minimum absolute atomic E-state index is 0.131. The maximum Gasteiger partial charge on any atom is 0.433 e. The van der Waals surface area contributed by atoms with Crippen LogP contribution in [-0.2, 0) is 12.7 Å². The van der Waals surface area contributed by atoms with Crippen LogP contribution < -0.4 is 0 Å².